The summed E-state index contributed by atoms with van der Waals surface area (Å²) in [6.07, 6.45) is 0. The fourth-order valence-corrected chi connectivity index (χ4v) is 2.05. The number of carbonyl (C=O) groups is 1. The molecule has 0 unspecified atom stereocenters. The highest BCUT2D eigenvalue weighted by molar-refractivity contribution is 5.94. The molecule has 0 aliphatic carbocycles. The van der Waals surface area contributed by atoms with Gasteiger partial charge in [0.05, 0.1) is 13.7 Å². The number of amides is 1. The van der Waals surface area contributed by atoms with Gasteiger partial charge in [0.25, 0.3) is 5.91 Å². The zero-order valence-corrected chi connectivity index (χ0v) is 13.4. The van der Waals surface area contributed by atoms with Crippen LogP contribution in [0.4, 0.5) is 0 Å². The number of rotatable bonds is 9. The van der Waals surface area contributed by atoms with Crippen LogP contribution in [0.5, 0.6) is 11.5 Å². The van der Waals surface area contributed by atoms with Crippen molar-refractivity contribution >= 4 is 5.91 Å². The number of ether oxygens (including phenoxy) is 2. The number of methoxy groups -OCH3 is 1. The third kappa shape index (κ3) is 5.27. The fourth-order valence-electron chi connectivity index (χ4n) is 2.05. The summed E-state index contributed by atoms with van der Waals surface area (Å²) in [6, 6.07) is 5.22. The van der Waals surface area contributed by atoms with E-state index in [-0.39, 0.29) is 5.91 Å². The number of hydrogen-bond donors (Lipinski definition) is 1. The maximum Gasteiger partial charge on any atom is 0.251 e. The van der Waals surface area contributed by atoms with Gasteiger partial charge in [0, 0.05) is 18.7 Å². The molecule has 1 aromatic carbocycles. The Labute approximate surface area is 127 Å². The molecule has 0 fully saturated rings. The number of nitrogens with zero attached hydrogens (tertiary/aromatic N) is 1. The normalized spacial score (nSPS) is 10.5. The highest BCUT2D eigenvalue weighted by atomic mass is 16.5. The van der Waals surface area contributed by atoms with Gasteiger partial charge in [-0.3, -0.25) is 4.79 Å². The fraction of sp³-hybridized carbons (Fsp3) is 0.562. The number of benzene rings is 1. The monoisotopic (exact) mass is 294 g/mol. The predicted octanol–water partition coefficient (Wildman–Crippen LogP) is 2.17. The SMILES string of the molecule is CCOc1ccc(C(=O)NCCN(CC)CC)cc1OC. The van der Waals surface area contributed by atoms with E-state index in [1.807, 2.05) is 6.92 Å². The van der Waals surface area contributed by atoms with Crippen LogP contribution in [0.25, 0.3) is 0 Å². The molecule has 1 rings (SSSR count). The Hall–Kier alpha value is -1.75. The Morgan fingerprint density at radius 3 is 2.48 bits per heavy atom. The molecule has 0 aliphatic heterocycles. The van der Waals surface area contributed by atoms with Gasteiger partial charge in [-0.1, -0.05) is 13.8 Å². The van der Waals surface area contributed by atoms with Crippen LogP contribution in [-0.2, 0) is 0 Å². The van der Waals surface area contributed by atoms with Crippen molar-refractivity contribution in [3.05, 3.63) is 23.8 Å². The molecule has 1 N–H and O–H groups in total. The molecular formula is C16H26N2O3. The molecule has 21 heavy (non-hydrogen) atoms. The second kappa shape index (κ2) is 9.23. The minimum absolute atomic E-state index is 0.0940. The van der Waals surface area contributed by atoms with Crippen LogP contribution in [0.1, 0.15) is 31.1 Å². The topological polar surface area (TPSA) is 50.8 Å². The maximum absolute atomic E-state index is 12.1. The lowest BCUT2D eigenvalue weighted by Crippen LogP contribution is -2.34. The molecule has 0 heterocycles. The van der Waals surface area contributed by atoms with E-state index in [0.717, 1.165) is 19.6 Å². The lowest BCUT2D eigenvalue weighted by Gasteiger charge is -2.18. The molecule has 0 atom stereocenters. The van der Waals surface area contributed by atoms with Crippen LogP contribution in [0.2, 0.25) is 0 Å². The summed E-state index contributed by atoms with van der Waals surface area (Å²) in [5.74, 6) is 1.14. The van der Waals surface area contributed by atoms with Crippen LogP contribution in [0, 0.1) is 0 Å². The summed E-state index contributed by atoms with van der Waals surface area (Å²) >= 11 is 0. The van der Waals surface area contributed by atoms with Gasteiger partial charge in [0.1, 0.15) is 0 Å². The van der Waals surface area contributed by atoms with E-state index in [9.17, 15) is 4.79 Å². The minimum Gasteiger partial charge on any atom is -0.493 e. The van der Waals surface area contributed by atoms with Crippen LogP contribution < -0.4 is 14.8 Å². The molecule has 118 valence electrons. The second-order valence-corrected chi connectivity index (χ2v) is 4.58. The second-order valence-electron chi connectivity index (χ2n) is 4.58. The summed E-state index contributed by atoms with van der Waals surface area (Å²) in [7, 11) is 1.57. The van der Waals surface area contributed by atoms with Crippen molar-refractivity contribution in [2.45, 2.75) is 20.8 Å². The van der Waals surface area contributed by atoms with E-state index in [4.69, 9.17) is 9.47 Å². The lowest BCUT2D eigenvalue weighted by atomic mass is 10.2. The van der Waals surface area contributed by atoms with Crippen molar-refractivity contribution in [2.24, 2.45) is 0 Å². The van der Waals surface area contributed by atoms with E-state index < -0.39 is 0 Å². The molecular weight excluding hydrogens is 268 g/mol. The maximum atomic E-state index is 12.1. The standard InChI is InChI=1S/C16H26N2O3/c1-5-18(6-2)11-10-17-16(19)13-8-9-14(21-7-3)15(12-13)20-4/h8-9,12H,5-7,10-11H2,1-4H3,(H,17,19). The van der Waals surface area contributed by atoms with Gasteiger partial charge in [-0.05, 0) is 38.2 Å². The van der Waals surface area contributed by atoms with Crippen molar-refractivity contribution in [3.63, 3.8) is 0 Å². The van der Waals surface area contributed by atoms with Crippen molar-refractivity contribution in [1.29, 1.82) is 0 Å². The van der Waals surface area contributed by atoms with Gasteiger partial charge in [0.2, 0.25) is 0 Å². The third-order valence-electron chi connectivity index (χ3n) is 3.33. The molecule has 5 heteroatoms. The Morgan fingerprint density at radius 2 is 1.90 bits per heavy atom. The molecule has 1 aromatic rings. The highest BCUT2D eigenvalue weighted by Crippen LogP contribution is 2.27. The van der Waals surface area contributed by atoms with Gasteiger partial charge < -0.3 is 19.7 Å². The highest BCUT2D eigenvalue weighted by Gasteiger charge is 2.11. The Balaban J connectivity index is 2.61. The first-order valence-electron chi connectivity index (χ1n) is 7.47. The van der Waals surface area contributed by atoms with Crippen molar-refractivity contribution in [1.82, 2.24) is 10.2 Å². The Kier molecular flexibility index (Phi) is 7.61. The number of nitrogens with one attached hydrogen (secondary N) is 1. The van der Waals surface area contributed by atoms with E-state index in [0.29, 0.717) is 30.2 Å². The van der Waals surface area contributed by atoms with Crippen molar-refractivity contribution < 1.29 is 14.3 Å². The number of hydrogen-bond acceptors (Lipinski definition) is 4. The number of likely N-dealkylation sites (N-methyl/N-ethyl adjacent to an activating group) is 1. The summed E-state index contributed by atoms with van der Waals surface area (Å²) in [5, 5.41) is 2.92. The average Bonchev–Trinajstić information content (AvgIpc) is 2.52. The zero-order valence-electron chi connectivity index (χ0n) is 13.4. The summed E-state index contributed by atoms with van der Waals surface area (Å²) in [4.78, 5) is 14.4. The van der Waals surface area contributed by atoms with Gasteiger partial charge in [-0.2, -0.15) is 0 Å². The molecule has 0 spiro atoms. The van der Waals surface area contributed by atoms with Crippen LogP contribution in [0.3, 0.4) is 0 Å². The summed E-state index contributed by atoms with van der Waals surface area (Å²) in [5.41, 5.74) is 0.579. The van der Waals surface area contributed by atoms with Crippen LogP contribution in [0.15, 0.2) is 18.2 Å². The molecule has 0 aliphatic rings. The quantitative estimate of drug-likeness (QED) is 0.758. The minimum atomic E-state index is -0.0940. The smallest absolute Gasteiger partial charge is 0.251 e. The van der Waals surface area contributed by atoms with Gasteiger partial charge >= 0.3 is 0 Å². The van der Waals surface area contributed by atoms with Gasteiger partial charge in [-0.25, -0.2) is 0 Å². The molecule has 0 bridgehead atoms. The predicted molar refractivity (Wildman–Crippen MR) is 84.3 cm³/mol. The van der Waals surface area contributed by atoms with Gasteiger partial charge in [-0.15, -0.1) is 0 Å². The lowest BCUT2D eigenvalue weighted by molar-refractivity contribution is 0.0948. The van der Waals surface area contributed by atoms with E-state index in [1.165, 1.54) is 0 Å². The third-order valence-corrected chi connectivity index (χ3v) is 3.33. The van der Waals surface area contributed by atoms with Gasteiger partial charge in [0.15, 0.2) is 11.5 Å². The zero-order chi connectivity index (χ0) is 15.7. The van der Waals surface area contributed by atoms with Crippen LogP contribution >= 0.6 is 0 Å². The van der Waals surface area contributed by atoms with E-state index in [2.05, 4.69) is 24.1 Å². The summed E-state index contributed by atoms with van der Waals surface area (Å²) in [6.45, 7) is 10.2. The van der Waals surface area contributed by atoms with Crippen molar-refractivity contribution in [3.8, 4) is 11.5 Å². The molecule has 0 saturated carbocycles. The number of carbonyl (C=O) groups excluding carboxylic acids is 1. The van der Waals surface area contributed by atoms with Crippen LogP contribution in [-0.4, -0.2) is 50.7 Å². The Morgan fingerprint density at radius 1 is 1.19 bits per heavy atom. The largest absolute Gasteiger partial charge is 0.493 e. The first-order chi connectivity index (χ1) is 10.2. The molecule has 0 saturated heterocycles. The van der Waals surface area contributed by atoms with E-state index in [1.54, 1.807) is 25.3 Å². The van der Waals surface area contributed by atoms with Crippen molar-refractivity contribution in [2.75, 3.05) is 39.9 Å². The molecule has 5 nitrogen and oxygen atoms in total. The molecule has 0 radical (unpaired) electrons. The Bertz CT molecular complexity index is 445. The first-order valence-corrected chi connectivity index (χ1v) is 7.47. The van der Waals surface area contributed by atoms with E-state index >= 15 is 0 Å². The molecule has 0 aromatic heterocycles. The summed E-state index contributed by atoms with van der Waals surface area (Å²) < 4.78 is 10.7. The average molecular weight is 294 g/mol. The molecule has 1 amide bonds. The first kappa shape index (κ1) is 17.3.